The Kier molecular flexibility index (Phi) is 5.21. The first-order valence-corrected chi connectivity index (χ1v) is 8.11. The van der Waals surface area contributed by atoms with E-state index in [1.54, 1.807) is 6.07 Å². The first kappa shape index (κ1) is 15.5. The van der Waals surface area contributed by atoms with Crippen molar-refractivity contribution in [3.63, 3.8) is 0 Å². The van der Waals surface area contributed by atoms with Gasteiger partial charge in [-0.3, -0.25) is 4.79 Å². The van der Waals surface area contributed by atoms with E-state index in [0.29, 0.717) is 16.9 Å². The molecule has 0 spiro atoms. The van der Waals surface area contributed by atoms with Crippen molar-refractivity contribution in [1.29, 1.82) is 0 Å². The van der Waals surface area contributed by atoms with Crippen LogP contribution in [0.2, 0.25) is 0 Å². The zero-order valence-corrected chi connectivity index (χ0v) is 14.9. The van der Waals surface area contributed by atoms with Crippen LogP contribution in [0, 0.1) is 3.57 Å². The zero-order valence-electron chi connectivity index (χ0n) is 11.2. The molecule has 2 rings (SSSR count). The summed E-state index contributed by atoms with van der Waals surface area (Å²) in [6.07, 6.45) is 0.0329. The van der Waals surface area contributed by atoms with Crippen LogP contribution in [-0.2, 0) is 0 Å². The highest BCUT2D eigenvalue weighted by molar-refractivity contribution is 14.1. The number of carbonyl (C=O) groups is 1. The molecule has 0 fully saturated rings. The molecule has 0 radical (unpaired) electrons. The van der Waals surface area contributed by atoms with Crippen LogP contribution in [0.4, 0.5) is 0 Å². The summed E-state index contributed by atoms with van der Waals surface area (Å²) >= 11 is 5.58. The van der Waals surface area contributed by atoms with Crippen LogP contribution in [0.1, 0.15) is 29.8 Å². The SMILES string of the molecule is CC(C)Oc1ccccc1C(=O)c1cc(Br)ccc1I. The minimum atomic E-state index is -0.0213. The lowest BCUT2D eigenvalue weighted by atomic mass is 10.0. The number of hydrogen-bond acceptors (Lipinski definition) is 2. The quantitative estimate of drug-likeness (QED) is 0.486. The fourth-order valence-electron chi connectivity index (χ4n) is 1.83. The molecule has 0 N–H and O–H groups in total. The molecule has 0 aromatic heterocycles. The topological polar surface area (TPSA) is 26.3 Å². The molecule has 0 atom stereocenters. The largest absolute Gasteiger partial charge is 0.490 e. The molecule has 20 heavy (non-hydrogen) atoms. The van der Waals surface area contributed by atoms with Crippen molar-refractivity contribution in [3.8, 4) is 5.75 Å². The third kappa shape index (κ3) is 3.61. The standard InChI is InChI=1S/C16H14BrIO2/c1-10(2)20-15-6-4-3-5-12(15)16(19)13-9-11(17)7-8-14(13)18/h3-10H,1-2H3. The van der Waals surface area contributed by atoms with E-state index in [2.05, 4.69) is 38.5 Å². The Morgan fingerprint density at radius 1 is 1.15 bits per heavy atom. The van der Waals surface area contributed by atoms with Gasteiger partial charge in [0.25, 0.3) is 0 Å². The van der Waals surface area contributed by atoms with Gasteiger partial charge in [-0.15, -0.1) is 0 Å². The van der Waals surface area contributed by atoms with Gasteiger partial charge in [-0.1, -0.05) is 28.1 Å². The Labute approximate surface area is 140 Å². The van der Waals surface area contributed by atoms with Crippen LogP contribution in [0.25, 0.3) is 0 Å². The maximum atomic E-state index is 12.7. The van der Waals surface area contributed by atoms with Gasteiger partial charge in [-0.05, 0) is 66.8 Å². The third-order valence-electron chi connectivity index (χ3n) is 2.67. The molecule has 0 amide bonds. The molecule has 4 heteroatoms. The highest BCUT2D eigenvalue weighted by Crippen LogP contribution is 2.26. The van der Waals surface area contributed by atoms with Crippen LogP contribution >= 0.6 is 38.5 Å². The third-order valence-corrected chi connectivity index (χ3v) is 4.10. The second kappa shape index (κ2) is 6.72. The lowest BCUT2D eigenvalue weighted by molar-refractivity contribution is 0.103. The molecule has 0 aliphatic carbocycles. The minimum Gasteiger partial charge on any atom is -0.490 e. The van der Waals surface area contributed by atoms with E-state index in [9.17, 15) is 4.79 Å². The Balaban J connectivity index is 2.45. The van der Waals surface area contributed by atoms with E-state index in [0.717, 1.165) is 8.04 Å². The van der Waals surface area contributed by atoms with Gasteiger partial charge in [0.05, 0.1) is 11.7 Å². The molecule has 0 aliphatic rings. The summed E-state index contributed by atoms with van der Waals surface area (Å²) in [7, 11) is 0. The van der Waals surface area contributed by atoms with E-state index >= 15 is 0 Å². The van der Waals surface area contributed by atoms with E-state index in [1.807, 2.05) is 50.2 Å². The number of rotatable bonds is 4. The Morgan fingerprint density at radius 3 is 2.55 bits per heavy atom. The summed E-state index contributed by atoms with van der Waals surface area (Å²) in [6.45, 7) is 3.90. The van der Waals surface area contributed by atoms with Gasteiger partial charge in [0, 0.05) is 13.6 Å². The van der Waals surface area contributed by atoms with Crippen molar-refractivity contribution < 1.29 is 9.53 Å². The number of ether oxygens (including phenoxy) is 1. The molecule has 0 saturated carbocycles. The molecule has 0 heterocycles. The number of halogens is 2. The molecule has 2 nitrogen and oxygen atoms in total. The van der Waals surface area contributed by atoms with Gasteiger partial charge < -0.3 is 4.74 Å². The highest BCUT2D eigenvalue weighted by atomic mass is 127. The smallest absolute Gasteiger partial charge is 0.197 e. The first-order valence-electron chi connectivity index (χ1n) is 6.24. The van der Waals surface area contributed by atoms with Gasteiger partial charge in [-0.2, -0.15) is 0 Å². The van der Waals surface area contributed by atoms with Gasteiger partial charge in [0.1, 0.15) is 5.75 Å². The van der Waals surface area contributed by atoms with Crippen LogP contribution in [0.3, 0.4) is 0 Å². The number of carbonyl (C=O) groups excluding carboxylic acids is 1. The van der Waals surface area contributed by atoms with E-state index < -0.39 is 0 Å². The normalized spacial score (nSPS) is 10.7. The van der Waals surface area contributed by atoms with Crippen LogP contribution in [0.5, 0.6) is 5.75 Å². The van der Waals surface area contributed by atoms with Gasteiger partial charge >= 0.3 is 0 Å². The molecular formula is C16H14BrIO2. The molecule has 104 valence electrons. The van der Waals surface area contributed by atoms with Crippen molar-refractivity contribution in [2.75, 3.05) is 0 Å². The van der Waals surface area contributed by atoms with E-state index in [4.69, 9.17) is 4.74 Å². The minimum absolute atomic E-state index is 0.0213. The van der Waals surface area contributed by atoms with Crippen molar-refractivity contribution in [1.82, 2.24) is 0 Å². The predicted molar refractivity (Wildman–Crippen MR) is 92.5 cm³/mol. The molecule has 0 saturated heterocycles. The van der Waals surface area contributed by atoms with Crippen molar-refractivity contribution in [3.05, 3.63) is 61.6 Å². The molecule has 2 aromatic rings. The van der Waals surface area contributed by atoms with E-state index in [1.165, 1.54) is 0 Å². The Hall–Kier alpha value is -0.880. The van der Waals surface area contributed by atoms with Crippen LogP contribution in [0.15, 0.2) is 46.9 Å². The Morgan fingerprint density at radius 2 is 1.85 bits per heavy atom. The summed E-state index contributed by atoms with van der Waals surface area (Å²) in [4.78, 5) is 12.7. The fraction of sp³-hybridized carbons (Fsp3) is 0.188. The molecule has 0 aliphatic heterocycles. The molecule has 0 bridgehead atoms. The summed E-state index contributed by atoms with van der Waals surface area (Å²) < 4.78 is 7.54. The number of para-hydroxylation sites is 1. The number of benzene rings is 2. The van der Waals surface area contributed by atoms with Gasteiger partial charge in [-0.25, -0.2) is 0 Å². The van der Waals surface area contributed by atoms with Crippen LogP contribution < -0.4 is 4.74 Å². The van der Waals surface area contributed by atoms with Crippen molar-refractivity contribution >= 4 is 44.3 Å². The Bertz CT molecular complexity index is 638. The fourth-order valence-corrected chi connectivity index (χ4v) is 2.77. The second-order valence-corrected chi connectivity index (χ2v) is 6.69. The number of ketones is 1. The monoisotopic (exact) mass is 444 g/mol. The summed E-state index contributed by atoms with van der Waals surface area (Å²) in [5.41, 5.74) is 1.27. The summed E-state index contributed by atoms with van der Waals surface area (Å²) in [6, 6.07) is 13.1. The highest BCUT2D eigenvalue weighted by Gasteiger charge is 2.17. The zero-order chi connectivity index (χ0) is 14.7. The van der Waals surface area contributed by atoms with Crippen molar-refractivity contribution in [2.45, 2.75) is 20.0 Å². The molecule has 0 unspecified atom stereocenters. The number of hydrogen-bond donors (Lipinski definition) is 0. The maximum Gasteiger partial charge on any atom is 0.197 e. The average Bonchev–Trinajstić information content (AvgIpc) is 2.41. The van der Waals surface area contributed by atoms with E-state index in [-0.39, 0.29) is 11.9 Å². The van der Waals surface area contributed by atoms with Gasteiger partial charge in [0.2, 0.25) is 0 Å². The summed E-state index contributed by atoms with van der Waals surface area (Å²) in [5.74, 6) is 0.607. The van der Waals surface area contributed by atoms with Gasteiger partial charge in [0.15, 0.2) is 5.78 Å². The van der Waals surface area contributed by atoms with Crippen LogP contribution in [-0.4, -0.2) is 11.9 Å². The first-order chi connectivity index (χ1) is 9.49. The summed E-state index contributed by atoms with van der Waals surface area (Å²) in [5, 5.41) is 0. The molecule has 2 aromatic carbocycles. The molecular weight excluding hydrogens is 431 g/mol. The lowest BCUT2D eigenvalue weighted by Gasteiger charge is -2.14. The lowest BCUT2D eigenvalue weighted by Crippen LogP contribution is -2.11. The average molecular weight is 445 g/mol. The maximum absolute atomic E-state index is 12.7. The predicted octanol–water partition coefficient (Wildman–Crippen LogP) is 5.07. The second-order valence-electron chi connectivity index (χ2n) is 4.62. The van der Waals surface area contributed by atoms with Crippen molar-refractivity contribution in [2.24, 2.45) is 0 Å².